The number of carbonyl (C=O) groups excluding carboxylic acids is 2. The minimum atomic E-state index is -0.405. The predicted molar refractivity (Wildman–Crippen MR) is 49.6 cm³/mol. The second-order valence-corrected chi connectivity index (χ2v) is 3.92. The molecule has 0 saturated carbocycles. The van der Waals surface area contributed by atoms with E-state index in [1.807, 2.05) is 0 Å². The molecule has 0 aromatic carbocycles. The first-order valence-electron chi connectivity index (χ1n) is 4.04. The Labute approximate surface area is 84.4 Å². The van der Waals surface area contributed by atoms with Crippen molar-refractivity contribution < 1.29 is 19.1 Å². The smallest absolute Gasteiger partial charge is 0.348 e. The van der Waals surface area contributed by atoms with Gasteiger partial charge in [-0.05, 0) is 6.07 Å². The number of rotatable bonds is 1. The summed E-state index contributed by atoms with van der Waals surface area (Å²) in [5.41, 5.74) is 0.784. The van der Waals surface area contributed by atoms with Gasteiger partial charge in [0.25, 0.3) is 0 Å². The van der Waals surface area contributed by atoms with Crippen molar-refractivity contribution >= 4 is 23.1 Å². The minimum absolute atomic E-state index is 0.0635. The predicted octanol–water partition coefficient (Wildman–Crippen LogP) is 1.25. The van der Waals surface area contributed by atoms with Crippen LogP contribution < -0.4 is 0 Å². The Morgan fingerprint density at radius 2 is 2.36 bits per heavy atom. The molecule has 0 fully saturated rings. The Hall–Kier alpha value is -1.20. The fraction of sp³-hybridized carbons (Fsp3) is 0.333. The molecular formula is C9H8O4S. The van der Waals surface area contributed by atoms with Crippen LogP contribution in [0.15, 0.2) is 6.07 Å². The molecule has 1 aromatic rings. The van der Waals surface area contributed by atoms with Crippen LogP contribution in [0.3, 0.4) is 0 Å². The van der Waals surface area contributed by atoms with Crippen LogP contribution in [0.25, 0.3) is 0 Å². The fourth-order valence-electron chi connectivity index (χ4n) is 1.29. The SMILES string of the molecule is COC(=O)c1cc2c(s1)C(=O)COC2. The van der Waals surface area contributed by atoms with Crippen LogP contribution >= 0.6 is 11.3 Å². The van der Waals surface area contributed by atoms with Gasteiger partial charge in [0.05, 0.1) is 18.6 Å². The van der Waals surface area contributed by atoms with Crippen LogP contribution in [0.1, 0.15) is 24.9 Å². The van der Waals surface area contributed by atoms with Gasteiger partial charge in [0, 0.05) is 5.56 Å². The zero-order valence-electron chi connectivity index (χ0n) is 7.53. The number of Topliss-reactive ketones (excluding diaryl/α,β-unsaturated/α-hetero) is 1. The molecule has 1 aliphatic heterocycles. The van der Waals surface area contributed by atoms with Crippen LogP contribution in [-0.4, -0.2) is 25.5 Å². The maximum atomic E-state index is 11.3. The van der Waals surface area contributed by atoms with Crippen LogP contribution in [0.5, 0.6) is 0 Å². The number of carbonyl (C=O) groups is 2. The number of ketones is 1. The fourth-order valence-corrected chi connectivity index (χ4v) is 2.30. The summed E-state index contributed by atoms with van der Waals surface area (Å²) in [6.45, 7) is 0.503. The van der Waals surface area contributed by atoms with Crippen molar-refractivity contribution in [2.45, 2.75) is 6.61 Å². The molecule has 74 valence electrons. The molecule has 0 amide bonds. The highest BCUT2D eigenvalue weighted by Gasteiger charge is 2.23. The third kappa shape index (κ3) is 1.44. The molecule has 0 N–H and O–H groups in total. The molecule has 0 atom stereocenters. The van der Waals surface area contributed by atoms with E-state index >= 15 is 0 Å². The van der Waals surface area contributed by atoms with E-state index in [0.29, 0.717) is 16.4 Å². The highest BCUT2D eigenvalue weighted by atomic mass is 32.1. The van der Waals surface area contributed by atoms with Crippen molar-refractivity contribution in [1.82, 2.24) is 0 Å². The van der Waals surface area contributed by atoms with Crippen LogP contribution in [-0.2, 0) is 16.1 Å². The lowest BCUT2D eigenvalue weighted by Gasteiger charge is -2.09. The summed E-state index contributed by atoms with van der Waals surface area (Å²) >= 11 is 1.17. The van der Waals surface area contributed by atoms with Crippen molar-refractivity contribution in [2.24, 2.45) is 0 Å². The van der Waals surface area contributed by atoms with E-state index in [1.54, 1.807) is 6.07 Å². The highest BCUT2D eigenvalue weighted by Crippen LogP contribution is 2.27. The van der Waals surface area contributed by atoms with Crippen molar-refractivity contribution in [3.8, 4) is 0 Å². The van der Waals surface area contributed by atoms with E-state index in [4.69, 9.17) is 4.74 Å². The lowest BCUT2D eigenvalue weighted by Crippen LogP contribution is -2.15. The molecular weight excluding hydrogens is 204 g/mol. The largest absolute Gasteiger partial charge is 0.465 e. The van der Waals surface area contributed by atoms with Crippen LogP contribution in [0.2, 0.25) is 0 Å². The van der Waals surface area contributed by atoms with Gasteiger partial charge in [-0.3, -0.25) is 4.79 Å². The average Bonchev–Trinajstić information content (AvgIpc) is 2.62. The van der Waals surface area contributed by atoms with Gasteiger partial charge in [-0.15, -0.1) is 11.3 Å². The van der Waals surface area contributed by atoms with Crippen LogP contribution in [0, 0.1) is 0 Å². The molecule has 0 unspecified atom stereocenters. The minimum Gasteiger partial charge on any atom is -0.465 e. The zero-order valence-corrected chi connectivity index (χ0v) is 8.35. The summed E-state index contributed by atoms with van der Waals surface area (Å²) in [7, 11) is 1.32. The third-order valence-corrected chi connectivity index (χ3v) is 3.14. The number of hydrogen-bond acceptors (Lipinski definition) is 5. The summed E-state index contributed by atoms with van der Waals surface area (Å²) in [6, 6.07) is 1.66. The molecule has 0 bridgehead atoms. The first-order valence-corrected chi connectivity index (χ1v) is 4.86. The molecule has 0 radical (unpaired) electrons. The first-order chi connectivity index (χ1) is 6.72. The third-order valence-electron chi connectivity index (χ3n) is 1.94. The maximum Gasteiger partial charge on any atom is 0.348 e. The van der Waals surface area contributed by atoms with Crippen LogP contribution in [0.4, 0.5) is 0 Å². The van der Waals surface area contributed by atoms with E-state index in [0.717, 1.165) is 5.56 Å². The average molecular weight is 212 g/mol. The number of ether oxygens (including phenoxy) is 2. The standard InChI is InChI=1S/C9H8O4S/c1-12-9(11)7-2-5-3-13-4-6(10)8(5)14-7/h2H,3-4H2,1H3. The van der Waals surface area contributed by atoms with Gasteiger partial charge in [-0.25, -0.2) is 4.79 Å². The van der Waals surface area contributed by atoms with E-state index in [2.05, 4.69) is 4.74 Å². The number of fused-ring (bicyclic) bond motifs is 1. The Morgan fingerprint density at radius 3 is 3.00 bits per heavy atom. The maximum absolute atomic E-state index is 11.3. The number of esters is 1. The lowest BCUT2D eigenvalue weighted by atomic mass is 10.2. The van der Waals surface area contributed by atoms with Crippen molar-refractivity contribution in [1.29, 1.82) is 0 Å². The monoisotopic (exact) mass is 212 g/mol. The Kier molecular flexibility index (Phi) is 2.35. The van der Waals surface area contributed by atoms with Crippen molar-refractivity contribution in [2.75, 3.05) is 13.7 Å². The van der Waals surface area contributed by atoms with E-state index < -0.39 is 5.97 Å². The highest BCUT2D eigenvalue weighted by molar-refractivity contribution is 7.16. The lowest BCUT2D eigenvalue weighted by molar-refractivity contribution is 0.0604. The van der Waals surface area contributed by atoms with Gasteiger partial charge in [0.15, 0.2) is 5.78 Å². The second-order valence-electron chi connectivity index (χ2n) is 2.87. The molecule has 0 aliphatic carbocycles. The molecule has 0 spiro atoms. The van der Waals surface area contributed by atoms with E-state index in [9.17, 15) is 9.59 Å². The molecule has 14 heavy (non-hydrogen) atoms. The quantitative estimate of drug-likeness (QED) is 0.657. The van der Waals surface area contributed by atoms with E-state index in [-0.39, 0.29) is 12.4 Å². The van der Waals surface area contributed by atoms with Gasteiger partial charge in [0.1, 0.15) is 11.5 Å². The molecule has 4 nitrogen and oxygen atoms in total. The van der Waals surface area contributed by atoms with Gasteiger partial charge in [-0.2, -0.15) is 0 Å². The Balaban J connectivity index is 2.40. The first kappa shape index (κ1) is 9.36. The van der Waals surface area contributed by atoms with Gasteiger partial charge < -0.3 is 9.47 Å². The number of hydrogen-bond donors (Lipinski definition) is 0. The molecule has 2 rings (SSSR count). The van der Waals surface area contributed by atoms with Gasteiger partial charge >= 0.3 is 5.97 Å². The molecule has 0 saturated heterocycles. The van der Waals surface area contributed by atoms with E-state index in [1.165, 1.54) is 18.4 Å². The molecule has 5 heteroatoms. The normalized spacial score (nSPS) is 15.1. The molecule has 2 heterocycles. The Morgan fingerprint density at radius 1 is 1.57 bits per heavy atom. The molecule has 1 aromatic heterocycles. The zero-order chi connectivity index (χ0) is 10.1. The van der Waals surface area contributed by atoms with Crippen molar-refractivity contribution in [3.05, 3.63) is 21.4 Å². The van der Waals surface area contributed by atoms with Crippen molar-refractivity contribution in [3.63, 3.8) is 0 Å². The summed E-state index contributed by atoms with van der Waals surface area (Å²) in [4.78, 5) is 23.6. The topological polar surface area (TPSA) is 52.6 Å². The summed E-state index contributed by atoms with van der Waals surface area (Å²) in [5, 5.41) is 0. The number of methoxy groups -OCH3 is 1. The van der Waals surface area contributed by atoms with Gasteiger partial charge in [-0.1, -0.05) is 0 Å². The number of thiophene rings is 1. The Bertz CT molecular complexity index is 394. The second kappa shape index (κ2) is 3.51. The van der Waals surface area contributed by atoms with Gasteiger partial charge in [0.2, 0.25) is 0 Å². The summed E-state index contributed by atoms with van der Waals surface area (Å²) in [6.07, 6.45) is 0. The summed E-state index contributed by atoms with van der Waals surface area (Å²) < 4.78 is 9.61. The summed E-state index contributed by atoms with van der Waals surface area (Å²) in [5.74, 6) is -0.469. The molecule has 1 aliphatic rings.